The van der Waals surface area contributed by atoms with E-state index in [1.807, 2.05) is 30.3 Å². The van der Waals surface area contributed by atoms with Gasteiger partial charge in [-0.2, -0.15) is 5.06 Å². The van der Waals surface area contributed by atoms with Crippen LogP contribution < -0.4 is 5.32 Å². The Hall–Kier alpha value is -3.14. The third-order valence-electron chi connectivity index (χ3n) is 5.31. The minimum absolute atomic E-state index is 0.0166. The summed E-state index contributed by atoms with van der Waals surface area (Å²) in [4.78, 5) is 32.2. The average Bonchev–Trinajstić information content (AvgIpc) is 3.30. The number of carbonyl (C=O) groups excluding carboxylic acids is 2. The Kier molecular flexibility index (Phi) is 6.31. The predicted octanol–water partition coefficient (Wildman–Crippen LogP) is 3.21. The molecule has 0 unspecified atom stereocenters. The normalized spacial score (nSPS) is 20.5. The van der Waals surface area contributed by atoms with Gasteiger partial charge in [-0.3, -0.25) is 4.84 Å². The van der Waals surface area contributed by atoms with Crippen LogP contribution in [-0.4, -0.2) is 57.0 Å². The number of alkyl carbamates (subject to hydrolysis) is 1. The number of benzene rings is 1. The molecule has 0 spiro atoms. The lowest BCUT2D eigenvalue weighted by atomic mass is 10.0. The van der Waals surface area contributed by atoms with Crippen LogP contribution in [0.2, 0.25) is 0 Å². The van der Waals surface area contributed by atoms with Gasteiger partial charge < -0.3 is 19.4 Å². The lowest BCUT2D eigenvalue weighted by Crippen LogP contribution is -2.34. The van der Waals surface area contributed by atoms with Crippen molar-refractivity contribution in [3.63, 3.8) is 0 Å². The zero-order valence-corrected chi connectivity index (χ0v) is 18.6. The summed E-state index contributed by atoms with van der Waals surface area (Å²) in [7, 11) is 0. The maximum absolute atomic E-state index is 12.9. The third kappa shape index (κ3) is 5.18. The highest BCUT2D eigenvalue weighted by Gasteiger charge is 2.47. The molecule has 2 aromatic rings. The van der Waals surface area contributed by atoms with Gasteiger partial charge in [0.15, 0.2) is 0 Å². The molecule has 0 radical (unpaired) electrons. The fourth-order valence-corrected chi connectivity index (χ4v) is 3.86. The minimum Gasteiger partial charge on any atom is -0.444 e. The number of ether oxygens (including phenoxy) is 1. The smallest absolute Gasteiger partial charge is 0.407 e. The standard InChI is InChI=1S/C22H29N5O5/c1-22(2,3)32-20(28)23-12-11-18-24-25-19(31-18)17-10-9-16-13-26(17)21(29)27(16)30-14-15-7-5-4-6-8-15/h4-8,16-17H,9-14H2,1-3H3,(H,23,28)/t16-,17+/m1/s1. The molecule has 2 bridgehead atoms. The van der Waals surface area contributed by atoms with Gasteiger partial charge >= 0.3 is 12.1 Å². The van der Waals surface area contributed by atoms with Crippen LogP contribution in [-0.2, 0) is 22.6 Å². The molecule has 2 atom stereocenters. The number of nitrogens with zero attached hydrogens (tertiary/aromatic N) is 4. The highest BCUT2D eigenvalue weighted by molar-refractivity contribution is 5.77. The highest BCUT2D eigenvalue weighted by atomic mass is 16.7. The van der Waals surface area contributed by atoms with Crippen LogP contribution >= 0.6 is 0 Å². The second-order valence-corrected chi connectivity index (χ2v) is 8.98. The molecular weight excluding hydrogens is 414 g/mol. The number of amides is 3. The molecule has 10 heteroatoms. The molecule has 172 valence electrons. The first-order valence-electron chi connectivity index (χ1n) is 10.9. The van der Waals surface area contributed by atoms with Crippen molar-refractivity contribution in [1.29, 1.82) is 0 Å². The van der Waals surface area contributed by atoms with Crippen LogP contribution in [0.1, 0.15) is 57.0 Å². The predicted molar refractivity (Wildman–Crippen MR) is 113 cm³/mol. The first-order chi connectivity index (χ1) is 15.3. The maximum Gasteiger partial charge on any atom is 0.407 e. The Labute approximate surface area is 186 Å². The van der Waals surface area contributed by atoms with Crippen LogP contribution in [0.15, 0.2) is 34.7 Å². The summed E-state index contributed by atoms with van der Waals surface area (Å²) in [6, 6.07) is 9.32. The van der Waals surface area contributed by atoms with Crippen molar-refractivity contribution in [2.75, 3.05) is 13.1 Å². The van der Waals surface area contributed by atoms with Crippen molar-refractivity contribution in [3.05, 3.63) is 47.7 Å². The van der Waals surface area contributed by atoms with E-state index in [1.165, 1.54) is 5.06 Å². The lowest BCUT2D eigenvalue weighted by molar-refractivity contribution is -0.140. The molecule has 32 heavy (non-hydrogen) atoms. The molecule has 0 aliphatic carbocycles. The van der Waals surface area contributed by atoms with Crippen molar-refractivity contribution >= 4 is 12.1 Å². The Bertz CT molecular complexity index is 942. The van der Waals surface area contributed by atoms with Gasteiger partial charge in [0.1, 0.15) is 18.2 Å². The molecule has 2 aliphatic rings. The molecule has 1 aromatic heterocycles. The van der Waals surface area contributed by atoms with Gasteiger partial charge in [0.2, 0.25) is 11.8 Å². The first kappa shape index (κ1) is 22.1. The number of hydrogen-bond donors (Lipinski definition) is 1. The molecule has 0 saturated carbocycles. The van der Waals surface area contributed by atoms with Gasteiger partial charge in [0.25, 0.3) is 0 Å². The van der Waals surface area contributed by atoms with Gasteiger partial charge in [0.05, 0.1) is 6.04 Å². The molecular formula is C22H29N5O5. The number of rotatable bonds is 7. The quantitative estimate of drug-likeness (QED) is 0.700. The Morgan fingerprint density at radius 3 is 2.75 bits per heavy atom. The van der Waals surface area contributed by atoms with E-state index in [0.29, 0.717) is 37.9 Å². The monoisotopic (exact) mass is 443 g/mol. The largest absolute Gasteiger partial charge is 0.444 e. The van der Waals surface area contributed by atoms with Gasteiger partial charge in [0, 0.05) is 19.5 Å². The summed E-state index contributed by atoms with van der Waals surface area (Å²) in [6.07, 6.45) is 1.40. The molecule has 2 aliphatic heterocycles. The van der Waals surface area contributed by atoms with Crippen LogP contribution in [0.4, 0.5) is 9.59 Å². The molecule has 2 fully saturated rings. The summed E-state index contributed by atoms with van der Waals surface area (Å²) < 4.78 is 11.0. The van der Waals surface area contributed by atoms with Crippen molar-refractivity contribution in [2.24, 2.45) is 0 Å². The van der Waals surface area contributed by atoms with Crippen LogP contribution in [0.25, 0.3) is 0 Å². The number of hydrogen-bond acceptors (Lipinski definition) is 7. The van der Waals surface area contributed by atoms with Gasteiger partial charge in [-0.1, -0.05) is 30.3 Å². The molecule has 3 amide bonds. The summed E-state index contributed by atoms with van der Waals surface area (Å²) in [5.41, 5.74) is 0.455. The molecule has 3 heterocycles. The van der Waals surface area contributed by atoms with Crippen molar-refractivity contribution < 1.29 is 23.6 Å². The fraction of sp³-hybridized carbons (Fsp3) is 0.545. The first-order valence-corrected chi connectivity index (χ1v) is 10.9. The van der Waals surface area contributed by atoms with Gasteiger partial charge in [-0.25, -0.2) is 9.59 Å². The minimum atomic E-state index is -0.554. The lowest BCUT2D eigenvalue weighted by Gasteiger charge is -2.27. The fourth-order valence-electron chi connectivity index (χ4n) is 3.86. The highest BCUT2D eigenvalue weighted by Crippen LogP contribution is 2.38. The number of piperidine rings is 1. The van der Waals surface area contributed by atoms with Crippen molar-refractivity contribution in [1.82, 2.24) is 25.5 Å². The van der Waals surface area contributed by atoms with E-state index in [1.54, 1.807) is 25.7 Å². The third-order valence-corrected chi connectivity index (χ3v) is 5.31. The van der Waals surface area contributed by atoms with Crippen LogP contribution in [0.5, 0.6) is 0 Å². The summed E-state index contributed by atoms with van der Waals surface area (Å²) in [5.74, 6) is 0.816. The number of hydroxylamine groups is 2. The molecule has 10 nitrogen and oxygen atoms in total. The van der Waals surface area contributed by atoms with E-state index in [9.17, 15) is 9.59 Å². The summed E-state index contributed by atoms with van der Waals surface area (Å²) in [5, 5.41) is 12.4. The van der Waals surface area contributed by atoms with E-state index in [0.717, 1.165) is 18.4 Å². The Balaban J connectivity index is 1.30. The van der Waals surface area contributed by atoms with Gasteiger partial charge in [-0.15, -0.1) is 10.2 Å². The van der Waals surface area contributed by atoms with Crippen LogP contribution in [0.3, 0.4) is 0 Å². The van der Waals surface area contributed by atoms with E-state index in [-0.39, 0.29) is 18.1 Å². The maximum atomic E-state index is 12.9. The average molecular weight is 444 g/mol. The topological polar surface area (TPSA) is 110 Å². The van der Waals surface area contributed by atoms with E-state index in [4.69, 9.17) is 14.0 Å². The molecule has 4 rings (SSSR count). The Morgan fingerprint density at radius 2 is 2.00 bits per heavy atom. The second kappa shape index (κ2) is 9.15. The number of carbonyl (C=O) groups is 2. The zero-order valence-electron chi connectivity index (χ0n) is 18.6. The van der Waals surface area contributed by atoms with E-state index < -0.39 is 11.7 Å². The molecule has 1 aromatic carbocycles. The van der Waals surface area contributed by atoms with Crippen LogP contribution in [0, 0.1) is 0 Å². The summed E-state index contributed by atoms with van der Waals surface area (Å²) >= 11 is 0. The second-order valence-electron chi connectivity index (χ2n) is 8.98. The number of nitrogens with one attached hydrogen (secondary N) is 1. The molecule has 1 N–H and O–H groups in total. The number of urea groups is 1. The van der Waals surface area contributed by atoms with Crippen molar-refractivity contribution in [2.45, 2.75) is 64.3 Å². The summed E-state index contributed by atoms with van der Waals surface area (Å²) in [6.45, 7) is 6.64. The zero-order chi connectivity index (χ0) is 22.7. The van der Waals surface area contributed by atoms with Crippen molar-refractivity contribution in [3.8, 4) is 0 Å². The number of aromatic nitrogens is 2. The van der Waals surface area contributed by atoms with Gasteiger partial charge in [-0.05, 0) is 39.2 Å². The van der Waals surface area contributed by atoms with E-state index in [2.05, 4.69) is 15.5 Å². The SMILES string of the molecule is CC(C)(C)OC(=O)NCCc1nnc([C@@H]2CC[C@@H]3CN2C(=O)N3OCc2ccccc2)o1. The van der Waals surface area contributed by atoms with E-state index >= 15 is 0 Å². The number of fused-ring (bicyclic) bond motifs is 2. The molecule has 2 saturated heterocycles. The Morgan fingerprint density at radius 1 is 1.22 bits per heavy atom.